The van der Waals surface area contributed by atoms with Gasteiger partial charge in [-0.15, -0.1) is 0 Å². The van der Waals surface area contributed by atoms with Gasteiger partial charge in [0.15, 0.2) is 0 Å². The molecule has 12 heteroatoms. The van der Waals surface area contributed by atoms with Gasteiger partial charge < -0.3 is 34.2 Å². The Kier molecular flexibility index (Phi) is 7.55. The Bertz CT molecular complexity index is 1060. The number of β-lactam (4-membered cyclic amide) rings is 1. The summed E-state index contributed by atoms with van der Waals surface area (Å²) >= 11 is 0. The minimum absolute atomic E-state index is 0. The van der Waals surface area contributed by atoms with Crippen molar-refractivity contribution in [2.24, 2.45) is 5.92 Å². The second-order valence-electron chi connectivity index (χ2n) is 9.68. The van der Waals surface area contributed by atoms with Crippen molar-refractivity contribution in [3.8, 4) is 0 Å². The van der Waals surface area contributed by atoms with Crippen LogP contribution in [-0.2, 0) is 23.9 Å². The topological polar surface area (TPSA) is 131 Å². The summed E-state index contributed by atoms with van der Waals surface area (Å²) in [7, 11) is 0. The van der Waals surface area contributed by atoms with Crippen LogP contribution < -0.4 is 34.7 Å². The van der Waals surface area contributed by atoms with E-state index in [1.807, 2.05) is 4.90 Å². The third-order valence-corrected chi connectivity index (χ3v) is 7.97. The van der Waals surface area contributed by atoms with Gasteiger partial charge in [-0.2, -0.15) is 0 Å². The fourth-order valence-electron chi connectivity index (χ4n) is 6.34. The Morgan fingerprint density at radius 3 is 2.39 bits per heavy atom. The third-order valence-electron chi connectivity index (χ3n) is 7.97. The van der Waals surface area contributed by atoms with Crippen LogP contribution in [0.5, 0.6) is 0 Å². The van der Waals surface area contributed by atoms with Crippen LogP contribution in [0.1, 0.15) is 39.5 Å². The van der Waals surface area contributed by atoms with Gasteiger partial charge in [0, 0.05) is 50.6 Å². The maximum absolute atomic E-state index is 13.3. The smallest absolute Gasteiger partial charge is 0.543 e. The van der Waals surface area contributed by atoms with Crippen molar-refractivity contribution in [3.05, 3.63) is 22.9 Å². The molecule has 4 saturated heterocycles. The van der Waals surface area contributed by atoms with E-state index in [2.05, 4.69) is 0 Å². The number of carbonyl (C=O) groups is 5. The molecule has 5 aliphatic heterocycles. The number of amides is 4. The van der Waals surface area contributed by atoms with Gasteiger partial charge in [-0.05, 0) is 44.3 Å². The molecule has 0 spiro atoms. The van der Waals surface area contributed by atoms with Crippen LogP contribution in [0.4, 0.5) is 4.79 Å². The van der Waals surface area contributed by atoms with Crippen LogP contribution >= 0.6 is 0 Å². The fraction of sp³-hybridized carbons (Fsp3) is 0.625. The van der Waals surface area contributed by atoms with E-state index in [1.54, 1.807) is 17.9 Å². The van der Waals surface area contributed by atoms with Crippen molar-refractivity contribution >= 4 is 29.8 Å². The van der Waals surface area contributed by atoms with Gasteiger partial charge in [0.05, 0.1) is 24.3 Å². The average molecular weight is 509 g/mol. The maximum Gasteiger partial charge on any atom is 1.00 e. The molecule has 0 aromatic rings. The third kappa shape index (κ3) is 4.14. The summed E-state index contributed by atoms with van der Waals surface area (Å²) in [6, 6.07) is -1.07. The van der Waals surface area contributed by atoms with E-state index < -0.39 is 24.0 Å². The first-order valence-corrected chi connectivity index (χ1v) is 12.2. The van der Waals surface area contributed by atoms with Crippen molar-refractivity contribution in [3.63, 3.8) is 0 Å². The molecule has 5 heterocycles. The minimum atomic E-state index is -1.44. The van der Waals surface area contributed by atoms with Crippen LogP contribution in [0.3, 0.4) is 0 Å². The second kappa shape index (κ2) is 10.2. The van der Waals surface area contributed by atoms with Crippen molar-refractivity contribution in [2.45, 2.75) is 57.7 Å². The SMILES string of the molecule is CCOC(=O)N1CCC(N2CC/C(=C\C3=C(C(=O)[O-])N4C(=O)[C@@H]5[C@H]4C3CCN5C(C)=O)C2=O)CC1.[Na+]. The largest absolute Gasteiger partial charge is 1.00 e. The zero-order valence-corrected chi connectivity index (χ0v) is 22.9. The monoisotopic (exact) mass is 508 g/mol. The van der Waals surface area contributed by atoms with E-state index in [9.17, 15) is 29.1 Å². The van der Waals surface area contributed by atoms with Gasteiger partial charge in [0.2, 0.25) is 11.8 Å². The Morgan fingerprint density at radius 2 is 1.78 bits per heavy atom. The molecule has 1 unspecified atom stereocenters. The van der Waals surface area contributed by atoms with Gasteiger partial charge in [0.1, 0.15) is 6.04 Å². The van der Waals surface area contributed by atoms with Crippen LogP contribution in [-0.4, -0.2) is 100 Å². The second-order valence-corrected chi connectivity index (χ2v) is 9.68. The molecule has 0 N–H and O–H groups in total. The Labute approximate surface area is 231 Å². The summed E-state index contributed by atoms with van der Waals surface area (Å²) in [6.45, 7) is 5.41. The molecule has 0 aliphatic carbocycles. The summed E-state index contributed by atoms with van der Waals surface area (Å²) < 4.78 is 5.06. The maximum atomic E-state index is 13.3. The van der Waals surface area contributed by atoms with Crippen LogP contribution in [0.25, 0.3) is 0 Å². The van der Waals surface area contributed by atoms with Crippen molar-refractivity contribution in [1.82, 2.24) is 19.6 Å². The van der Waals surface area contributed by atoms with Gasteiger partial charge in [-0.1, -0.05) is 0 Å². The number of ether oxygens (including phenoxy) is 1. The summed E-state index contributed by atoms with van der Waals surface area (Å²) in [4.78, 5) is 68.2. The van der Waals surface area contributed by atoms with E-state index in [4.69, 9.17) is 4.74 Å². The standard InChI is InChI=1S/C24H30N4O7.Na/c1-3-35-24(34)25-8-5-15(6-9-25)27-10-4-14(21(27)30)12-17-16-7-11-26(13(2)29)20-18(16)28(22(20)31)19(17)23(32)33;/h12,15-16,18,20H,3-11H2,1-2H3,(H,32,33);/q;+1/p-1/b14-12+;/t16?,18-,20+;/m1./s1. The van der Waals surface area contributed by atoms with Crippen molar-refractivity contribution in [2.75, 3.05) is 32.8 Å². The van der Waals surface area contributed by atoms with E-state index >= 15 is 0 Å². The van der Waals surface area contributed by atoms with Gasteiger partial charge >= 0.3 is 35.7 Å². The molecule has 188 valence electrons. The van der Waals surface area contributed by atoms with Gasteiger partial charge in [0.25, 0.3) is 5.91 Å². The number of aliphatic carboxylic acids is 1. The molecule has 36 heavy (non-hydrogen) atoms. The zero-order valence-electron chi connectivity index (χ0n) is 20.9. The predicted octanol–water partition coefficient (Wildman–Crippen LogP) is -3.76. The molecule has 4 amide bonds. The minimum Gasteiger partial charge on any atom is -0.543 e. The number of carboxylic acid groups (broad SMARTS) is 1. The summed E-state index contributed by atoms with van der Waals surface area (Å²) in [5.74, 6) is -2.44. The normalized spacial score (nSPS) is 28.8. The van der Waals surface area contributed by atoms with Crippen molar-refractivity contribution < 1.29 is 63.4 Å². The number of hydrogen-bond donors (Lipinski definition) is 0. The Hall–Kier alpha value is -2.37. The quantitative estimate of drug-likeness (QED) is 0.217. The molecule has 5 aliphatic rings. The first-order valence-electron chi connectivity index (χ1n) is 12.2. The summed E-state index contributed by atoms with van der Waals surface area (Å²) in [5.41, 5.74) is 0.802. The molecule has 0 bridgehead atoms. The predicted molar refractivity (Wildman–Crippen MR) is 118 cm³/mol. The van der Waals surface area contributed by atoms with E-state index in [-0.39, 0.29) is 65.1 Å². The first kappa shape index (κ1) is 26.7. The number of rotatable bonds is 4. The average Bonchev–Trinajstić information content (AvgIpc) is 3.35. The first-order chi connectivity index (χ1) is 16.7. The Morgan fingerprint density at radius 1 is 1.08 bits per heavy atom. The van der Waals surface area contributed by atoms with Gasteiger partial charge in [-0.3, -0.25) is 14.4 Å². The molecule has 4 fully saturated rings. The van der Waals surface area contributed by atoms with Crippen LogP contribution in [0.15, 0.2) is 22.9 Å². The molecule has 0 radical (unpaired) electrons. The van der Waals surface area contributed by atoms with E-state index in [0.717, 1.165) is 0 Å². The molecular formula is C24H29N4NaO7. The number of hydrogen-bond acceptors (Lipinski definition) is 7. The number of likely N-dealkylation sites (tertiary alicyclic amines) is 3. The molecule has 5 rings (SSSR count). The molecule has 0 aromatic heterocycles. The number of piperidine rings is 2. The number of nitrogens with zero attached hydrogens (tertiary/aromatic N) is 4. The molecular weight excluding hydrogens is 479 g/mol. The zero-order chi connectivity index (χ0) is 25.0. The molecule has 3 atom stereocenters. The molecule has 0 aromatic carbocycles. The molecule has 0 saturated carbocycles. The van der Waals surface area contributed by atoms with Crippen LogP contribution in [0.2, 0.25) is 0 Å². The number of carbonyl (C=O) groups excluding carboxylic acids is 5. The van der Waals surface area contributed by atoms with E-state index in [1.165, 1.54) is 16.7 Å². The summed E-state index contributed by atoms with van der Waals surface area (Å²) in [5, 5.41) is 12.0. The van der Waals surface area contributed by atoms with E-state index in [0.29, 0.717) is 69.6 Å². The Balaban J connectivity index is 0.00000304. The van der Waals surface area contributed by atoms with Crippen molar-refractivity contribution in [1.29, 1.82) is 0 Å². The molecule has 11 nitrogen and oxygen atoms in total. The fourth-order valence-corrected chi connectivity index (χ4v) is 6.34. The van der Waals surface area contributed by atoms with Gasteiger partial charge in [-0.25, -0.2) is 4.79 Å². The number of allylic oxidation sites excluding steroid dienone is 1. The summed E-state index contributed by atoms with van der Waals surface area (Å²) in [6.07, 6.45) is 3.62. The number of carboxylic acids is 1. The van der Waals surface area contributed by atoms with Crippen LogP contribution in [0, 0.1) is 5.92 Å².